The molecular formula is C12H18N2OS. The number of amides is 1. The van der Waals surface area contributed by atoms with Gasteiger partial charge in [0, 0.05) is 0 Å². The Hall–Kier alpha value is -1.16. The maximum atomic E-state index is 11.6. The second-order valence-corrected chi connectivity index (χ2v) is 5.56. The van der Waals surface area contributed by atoms with E-state index in [1.54, 1.807) is 11.8 Å². The van der Waals surface area contributed by atoms with Gasteiger partial charge >= 0.3 is 0 Å². The van der Waals surface area contributed by atoms with E-state index < -0.39 is 0 Å². The predicted molar refractivity (Wildman–Crippen MR) is 71.8 cm³/mol. The number of hydrogen-bond acceptors (Lipinski definition) is 3. The van der Waals surface area contributed by atoms with E-state index in [1.165, 1.54) is 0 Å². The lowest BCUT2D eigenvalue weighted by Crippen LogP contribution is -2.16. The number of carbonyl (C=O) groups is 1. The van der Waals surface area contributed by atoms with Crippen LogP contribution in [-0.2, 0) is 4.79 Å². The minimum absolute atomic E-state index is 0.00532. The summed E-state index contributed by atoms with van der Waals surface area (Å²) in [4.78, 5) is 11.6. The molecule has 0 saturated carbocycles. The van der Waals surface area contributed by atoms with Gasteiger partial charge in [0.2, 0.25) is 5.91 Å². The van der Waals surface area contributed by atoms with E-state index >= 15 is 0 Å². The highest BCUT2D eigenvalue weighted by Crippen LogP contribution is 2.20. The molecule has 0 aromatic heterocycles. The standard InChI is InChI=1S/C12H18N2OS/c1-8(2)16-7-12(15)14-11-5-4-9(3)6-10(11)13/h4-6,8H,7,13H2,1-3H3,(H,14,15). The molecule has 0 aliphatic rings. The van der Waals surface area contributed by atoms with Gasteiger partial charge in [-0.15, -0.1) is 11.8 Å². The Morgan fingerprint density at radius 3 is 2.75 bits per heavy atom. The molecule has 3 nitrogen and oxygen atoms in total. The maximum Gasteiger partial charge on any atom is 0.234 e. The average Bonchev–Trinajstić information content (AvgIpc) is 2.19. The summed E-state index contributed by atoms with van der Waals surface area (Å²) < 4.78 is 0. The molecular weight excluding hydrogens is 220 g/mol. The fraction of sp³-hybridized carbons (Fsp3) is 0.417. The molecule has 0 saturated heterocycles. The van der Waals surface area contributed by atoms with Gasteiger partial charge in [-0.1, -0.05) is 19.9 Å². The molecule has 0 bridgehead atoms. The molecule has 4 heteroatoms. The fourth-order valence-corrected chi connectivity index (χ4v) is 1.78. The van der Waals surface area contributed by atoms with Gasteiger partial charge in [-0.05, 0) is 29.9 Å². The Morgan fingerprint density at radius 2 is 2.19 bits per heavy atom. The summed E-state index contributed by atoms with van der Waals surface area (Å²) in [5, 5.41) is 3.27. The van der Waals surface area contributed by atoms with Crippen molar-refractivity contribution < 1.29 is 4.79 Å². The van der Waals surface area contributed by atoms with Gasteiger partial charge in [0.15, 0.2) is 0 Å². The van der Waals surface area contributed by atoms with Gasteiger partial charge in [0.1, 0.15) is 0 Å². The monoisotopic (exact) mass is 238 g/mol. The van der Waals surface area contributed by atoms with Crippen molar-refractivity contribution in [1.29, 1.82) is 0 Å². The molecule has 0 unspecified atom stereocenters. The topological polar surface area (TPSA) is 55.1 Å². The van der Waals surface area contributed by atoms with Crippen LogP contribution in [-0.4, -0.2) is 16.9 Å². The first-order valence-corrected chi connectivity index (χ1v) is 6.31. The number of benzene rings is 1. The van der Waals surface area contributed by atoms with Gasteiger partial charge in [0.25, 0.3) is 0 Å². The third-order valence-corrected chi connectivity index (χ3v) is 3.12. The van der Waals surface area contributed by atoms with Crippen LogP contribution in [0.15, 0.2) is 18.2 Å². The molecule has 0 atom stereocenters. The first-order chi connectivity index (χ1) is 7.49. The summed E-state index contributed by atoms with van der Waals surface area (Å²) in [6.07, 6.45) is 0. The second kappa shape index (κ2) is 5.80. The number of nitrogens with one attached hydrogen (secondary N) is 1. The van der Waals surface area contributed by atoms with Gasteiger partial charge < -0.3 is 11.1 Å². The minimum Gasteiger partial charge on any atom is -0.397 e. The van der Waals surface area contributed by atoms with E-state index in [1.807, 2.05) is 25.1 Å². The lowest BCUT2D eigenvalue weighted by atomic mass is 10.2. The first-order valence-electron chi connectivity index (χ1n) is 5.26. The van der Waals surface area contributed by atoms with E-state index in [2.05, 4.69) is 19.2 Å². The van der Waals surface area contributed by atoms with Gasteiger partial charge in [0.05, 0.1) is 17.1 Å². The van der Waals surface area contributed by atoms with Crippen LogP contribution in [0.1, 0.15) is 19.4 Å². The summed E-state index contributed by atoms with van der Waals surface area (Å²) in [5.74, 6) is 0.458. The molecule has 1 rings (SSSR count). The highest BCUT2D eigenvalue weighted by atomic mass is 32.2. The lowest BCUT2D eigenvalue weighted by Gasteiger charge is -2.09. The Kier molecular flexibility index (Phi) is 4.68. The van der Waals surface area contributed by atoms with Crippen molar-refractivity contribution in [1.82, 2.24) is 0 Å². The average molecular weight is 238 g/mol. The number of carbonyl (C=O) groups excluding carboxylic acids is 1. The normalized spacial score (nSPS) is 10.5. The summed E-state index contributed by atoms with van der Waals surface area (Å²) in [6.45, 7) is 6.10. The first kappa shape index (κ1) is 12.9. The molecule has 1 aromatic rings. The van der Waals surface area contributed by atoms with Crippen LogP contribution >= 0.6 is 11.8 Å². The Balaban J connectivity index is 2.56. The molecule has 0 spiro atoms. The maximum absolute atomic E-state index is 11.6. The number of thioether (sulfide) groups is 1. The Bertz CT molecular complexity index is 377. The highest BCUT2D eigenvalue weighted by molar-refractivity contribution is 8.00. The van der Waals surface area contributed by atoms with Gasteiger partial charge in [-0.2, -0.15) is 0 Å². The fourth-order valence-electron chi connectivity index (χ4n) is 1.22. The van der Waals surface area contributed by atoms with Crippen molar-refractivity contribution in [3.05, 3.63) is 23.8 Å². The van der Waals surface area contributed by atoms with Gasteiger partial charge in [-0.25, -0.2) is 0 Å². The van der Waals surface area contributed by atoms with Crippen molar-refractivity contribution in [2.24, 2.45) is 0 Å². The third kappa shape index (κ3) is 4.14. The molecule has 16 heavy (non-hydrogen) atoms. The zero-order valence-electron chi connectivity index (χ0n) is 9.91. The van der Waals surface area contributed by atoms with Crippen molar-refractivity contribution >= 4 is 29.0 Å². The number of aryl methyl sites for hydroxylation is 1. The molecule has 88 valence electrons. The molecule has 0 fully saturated rings. The molecule has 0 heterocycles. The number of nitrogens with two attached hydrogens (primary N) is 1. The van der Waals surface area contributed by atoms with E-state index in [-0.39, 0.29) is 5.91 Å². The van der Waals surface area contributed by atoms with E-state index in [4.69, 9.17) is 5.73 Å². The van der Waals surface area contributed by atoms with Crippen LogP contribution in [0.2, 0.25) is 0 Å². The number of hydrogen-bond donors (Lipinski definition) is 2. The highest BCUT2D eigenvalue weighted by Gasteiger charge is 2.06. The largest absolute Gasteiger partial charge is 0.397 e. The lowest BCUT2D eigenvalue weighted by molar-refractivity contribution is -0.113. The van der Waals surface area contributed by atoms with Crippen molar-refractivity contribution in [3.63, 3.8) is 0 Å². The number of rotatable bonds is 4. The second-order valence-electron chi connectivity index (χ2n) is 4.00. The number of nitrogen functional groups attached to an aromatic ring is 1. The van der Waals surface area contributed by atoms with E-state index in [0.29, 0.717) is 22.4 Å². The van der Waals surface area contributed by atoms with Crippen LogP contribution in [0.25, 0.3) is 0 Å². The number of anilines is 2. The summed E-state index contributed by atoms with van der Waals surface area (Å²) >= 11 is 1.61. The van der Waals surface area contributed by atoms with Crippen molar-refractivity contribution in [3.8, 4) is 0 Å². The van der Waals surface area contributed by atoms with Crippen molar-refractivity contribution in [2.45, 2.75) is 26.0 Å². The molecule has 3 N–H and O–H groups in total. The van der Waals surface area contributed by atoms with Crippen LogP contribution in [0.4, 0.5) is 11.4 Å². The van der Waals surface area contributed by atoms with Gasteiger partial charge in [-0.3, -0.25) is 4.79 Å². The summed E-state index contributed by atoms with van der Waals surface area (Å²) in [5.41, 5.74) is 8.20. The molecule has 0 radical (unpaired) electrons. The zero-order chi connectivity index (χ0) is 12.1. The minimum atomic E-state index is -0.00532. The third-order valence-electron chi connectivity index (χ3n) is 2.03. The van der Waals surface area contributed by atoms with Crippen LogP contribution in [0.3, 0.4) is 0 Å². The zero-order valence-corrected chi connectivity index (χ0v) is 10.7. The van der Waals surface area contributed by atoms with Crippen LogP contribution in [0, 0.1) is 6.92 Å². The van der Waals surface area contributed by atoms with E-state index in [9.17, 15) is 4.79 Å². The van der Waals surface area contributed by atoms with Crippen LogP contribution < -0.4 is 11.1 Å². The quantitative estimate of drug-likeness (QED) is 0.793. The van der Waals surface area contributed by atoms with E-state index in [0.717, 1.165) is 5.56 Å². The molecule has 0 aliphatic carbocycles. The van der Waals surface area contributed by atoms with Crippen LogP contribution in [0.5, 0.6) is 0 Å². The predicted octanol–water partition coefficient (Wildman–Crippen LogP) is 2.66. The smallest absolute Gasteiger partial charge is 0.234 e. The Morgan fingerprint density at radius 1 is 1.50 bits per heavy atom. The Labute approximate surface area is 101 Å². The molecule has 1 aromatic carbocycles. The van der Waals surface area contributed by atoms with Crippen molar-refractivity contribution in [2.75, 3.05) is 16.8 Å². The summed E-state index contributed by atoms with van der Waals surface area (Å²) in [6, 6.07) is 5.62. The molecule has 0 aliphatic heterocycles. The summed E-state index contributed by atoms with van der Waals surface area (Å²) in [7, 11) is 0. The SMILES string of the molecule is Cc1ccc(NC(=O)CSC(C)C)c(N)c1. The molecule has 1 amide bonds.